The van der Waals surface area contributed by atoms with Crippen molar-refractivity contribution in [3.8, 4) is 0 Å². The second-order valence-electron chi connectivity index (χ2n) is 4.83. The summed E-state index contributed by atoms with van der Waals surface area (Å²) < 4.78 is 0. The maximum atomic E-state index is 11.9. The normalized spacial score (nSPS) is 20.4. The minimum absolute atomic E-state index is 0.164. The number of rotatable bonds is 3. The van der Waals surface area contributed by atoms with E-state index < -0.39 is 0 Å². The number of pyridine rings is 1. The highest BCUT2D eigenvalue weighted by Crippen LogP contribution is 2.25. The van der Waals surface area contributed by atoms with Crippen molar-refractivity contribution >= 4 is 24.4 Å². The van der Waals surface area contributed by atoms with E-state index in [4.69, 9.17) is 0 Å². The smallest absolute Gasteiger partial charge is 0.228 e. The summed E-state index contributed by atoms with van der Waals surface area (Å²) in [6.07, 6.45) is 0.594. The Hall–Kier alpha value is -1.03. The molecule has 17 heavy (non-hydrogen) atoms. The highest BCUT2D eigenvalue weighted by Gasteiger charge is 2.30. The molecule has 1 aromatic rings. The van der Waals surface area contributed by atoms with Gasteiger partial charge in [-0.2, -0.15) is 12.6 Å². The molecule has 0 spiro atoms. The summed E-state index contributed by atoms with van der Waals surface area (Å²) >= 11 is 4.26. The van der Waals surface area contributed by atoms with Crippen molar-refractivity contribution in [3.63, 3.8) is 0 Å². The molecule has 0 aliphatic carbocycles. The number of hydrogen-bond acceptors (Lipinski definition) is 3. The molecule has 0 N–H and O–H groups in total. The van der Waals surface area contributed by atoms with Gasteiger partial charge >= 0.3 is 0 Å². The molecule has 0 bridgehead atoms. The van der Waals surface area contributed by atoms with Crippen LogP contribution in [0.3, 0.4) is 0 Å². The molecule has 0 radical (unpaired) electrons. The lowest BCUT2D eigenvalue weighted by Gasteiger charge is -2.17. The van der Waals surface area contributed by atoms with Gasteiger partial charge in [-0.25, -0.2) is 4.98 Å². The Kier molecular flexibility index (Phi) is 3.72. The summed E-state index contributed by atoms with van der Waals surface area (Å²) in [5.41, 5.74) is 1.03. The van der Waals surface area contributed by atoms with Crippen molar-refractivity contribution < 1.29 is 4.79 Å². The van der Waals surface area contributed by atoms with Gasteiger partial charge in [-0.3, -0.25) is 9.69 Å². The van der Waals surface area contributed by atoms with Crippen LogP contribution >= 0.6 is 12.6 Å². The Morgan fingerprint density at radius 3 is 2.88 bits per heavy atom. The summed E-state index contributed by atoms with van der Waals surface area (Å²) in [6.45, 7) is 4.96. The molecule has 2 heterocycles. The molecule has 0 aromatic carbocycles. The molecule has 1 amide bonds. The fourth-order valence-electron chi connectivity index (χ4n) is 2.04. The minimum Gasteiger partial charge on any atom is -0.296 e. The van der Waals surface area contributed by atoms with Gasteiger partial charge in [0.2, 0.25) is 5.91 Å². The van der Waals surface area contributed by atoms with Crippen LogP contribution in [0.25, 0.3) is 0 Å². The average Bonchev–Trinajstić information content (AvgIpc) is 2.71. The molecule has 92 valence electrons. The first-order valence-corrected chi connectivity index (χ1v) is 6.63. The first-order chi connectivity index (χ1) is 8.11. The molecule has 3 nitrogen and oxygen atoms in total. The first kappa shape index (κ1) is 12.4. The van der Waals surface area contributed by atoms with Gasteiger partial charge in [0.05, 0.1) is 0 Å². The lowest BCUT2D eigenvalue weighted by Crippen LogP contribution is -2.26. The fourth-order valence-corrected chi connectivity index (χ4v) is 2.28. The Labute approximate surface area is 108 Å². The highest BCUT2D eigenvalue weighted by atomic mass is 32.1. The van der Waals surface area contributed by atoms with Gasteiger partial charge in [0.25, 0.3) is 0 Å². The van der Waals surface area contributed by atoms with Crippen molar-refractivity contribution in [2.24, 2.45) is 5.92 Å². The number of thiol groups is 1. The van der Waals surface area contributed by atoms with E-state index in [2.05, 4.69) is 31.5 Å². The molecule has 4 heteroatoms. The molecular weight excluding hydrogens is 232 g/mol. The molecule has 2 rings (SSSR count). The SMILES string of the molecule is CC(C)c1cccc(N2CC(CS)CC2=O)n1. The van der Waals surface area contributed by atoms with Crippen LogP contribution in [0, 0.1) is 5.92 Å². The Bertz CT molecular complexity index is 420. The van der Waals surface area contributed by atoms with E-state index in [-0.39, 0.29) is 5.91 Å². The molecule has 1 atom stereocenters. The zero-order valence-electron chi connectivity index (χ0n) is 10.3. The van der Waals surface area contributed by atoms with Gasteiger partial charge in [-0.15, -0.1) is 0 Å². The van der Waals surface area contributed by atoms with E-state index in [0.717, 1.165) is 23.8 Å². The second kappa shape index (κ2) is 5.08. The highest BCUT2D eigenvalue weighted by molar-refractivity contribution is 7.80. The number of aromatic nitrogens is 1. The van der Waals surface area contributed by atoms with E-state index in [0.29, 0.717) is 18.3 Å². The van der Waals surface area contributed by atoms with Crippen LogP contribution in [0.2, 0.25) is 0 Å². The number of carbonyl (C=O) groups is 1. The van der Waals surface area contributed by atoms with Crippen molar-refractivity contribution in [1.29, 1.82) is 0 Å². The zero-order valence-corrected chi connectivity index (χ0v) is 11.2. The predicted molar refractivity (Wildman–Crippen MR) is 72.6 cm³/mol. The summed E-state index contributed by atoms with van der Waals surface area (Å²) in [4.78, 5) is 18.2. The summed E-state index contributed by atoms with van der Waals surface area (Å²) in [5.74, 6) is 2.44. The van der Waals surface area contributed by atoms with E-state index in [1.165, 1.54) is 0 Å². The van der Waals surface area contributed by atoms with E-state index in [1.54, 1.807) is 4.90 Å². The van der Waals surface area contributed by atoms with Gasteiger partial charge in [-0.05, 0) is 29.7 Å². The predicted octanol–water partition coefficient (Wildman–Crippen LogP) is 2.49. The van der Waals surface area contributed by atoms with Gasteiger partial charge in [0.1, 0.15) is 5.82 Å². The largest absolute Gasteiger partial charge is 0.296 e. The number of carbonyl (C=O) groups excluding carboxylic acids is 1. The Morgan fingerprint density at radius 2 is 2.29 bits per heavy atom. The van der Waals surface area contributed by atoms with Gasteiger partial charge in [-0.1, -0.05) is 19.9 Å². The Balaban J connectivity index is 2.22. The lowest BCUT2D eigenvalue weighted by molar-refractivity contribution is -0.117. The molecule has 0 saturated carbocycles. The molecule has 1 unspecified atom stereocenters. The number of anilines is 1. The average molecular weight is 250 g/mol. The second-order valence-corrected chi connectivity index (χ2v) is 5.20. The van der Waals surface area contributed by atoms with E-state index >= 15 is 0 Å². The van der Waals surface area contributed by atoms with Crippen LogP contribution in [0.4, 0.5) is 5.82 Å². The number of nitrogens with zero attached hydrogens (tertiary/aromatic N) is 2. The molecule has 1 aromatic heterocycles. The number of amides is 1. The lowest BCUT2D eigenvalue weighted by atomic mass is 10.1. The molecule has 1 fully saturated rings. The van der Waals surface area contributed by atoms with Crippen LogP contribution in [0.15, 0.2) is 18.2 Å². The van der Waals surface area contributed by atoms with Crippen LogP contribution in [-0.4, -0.2) is 23.2 Å². The maximum absolute atomic E-state index is 11.9. The van der Waals surface area contributed by atoms with Crippen molar-refractivity contribution in [2.75, 3.05) is 17.2 Å². The van der Waals surface area contributed by atoms with Gasteiger partial charge in [0.15, 0.2) is 0 Å². The topological polar surface area (TPSA) is 33.2 Å². The zero-order chi connectivity index (χ0) is 12.4. The third kappa shape index (κ3) is 2.63. The van der Waals surface area contributed by atoms with Gasteiger partial charge < -0.3 is 0 Å². The van der Waals surface area contributed by atoms with Crippen LogP contribution in [0.5, 0.6) is 0 Å². The van der Waals surface area contributed by atoms with Crippen LogP contribution in [0.1, 0.15) is 31.9 Å². The molecular formula is C13H18N2OS. The third-order valence-corrected chi connectivity index (χ3v) is 3.60. The van der Waals surface area contributed by atoms with Gasteiger partial charge in [0, 0.05) is 18.7 Å². The Morgan fingerprint density at radius 1 is 1.53 bits per heavy atom. The quantitative estimate of drug-likeness (QED) is 0.836. The van der Waals surface area contributed by atoms with E-state index in [1.807, 2.05) is 18.2 Å². The molecule has 1 aliphatic rings. The number of hydrogen-bond donors (Lipinski definition) is 1. The summed E-state index contributed by atoms with van der Waals surface area (Å²) in [5, 5.41) is 0. The van der Waals surface area contributed by atoms with Crippen LogP contribution < -0.4 is 4.90 Å². The fraction of sp³-hybridized carbons (Fsp3) is 0.538. The van der Waals surface area contributed by atoms with Crippen molar-refractivity contribution in [1.82, 2.24) is 4.98 Å². The molecule has 1 saturated heterocycles. The first-order valence-electron chi connectivity index (χ1n) is 6.00. The minimum atomic E-state index is 0.164. The third-order valence-electron chi connectivity index (χ3n) is 3.09. The van der Waals surface area contributed by atoms with Crippen LogP contribution in [-0.2, 0) is 4.79 Å². The summed E-state index contributed by atoms with van der Waals surface area (Å²) in [6, 6.07) is 5.88. The van der Waals surface area contributed by atoms with Crippen molar-refractivity contribution in [2.45, 2.75) is 26.2 Å². The standard InChI is InChI=1S/C13H18N2OS/c1-9(2)11-4-3-5-12(14-11)15-7-10(8-17)6-13(15)16/h3-5,9-10,17H,6-8H2,1-2H3. The maximum Gasteiger partial charge on any atom is 0.228 e. The monoisotopic (exact) mass is 250 g/mol. The summed E-state index contributed by atoms with van der Waals surface area (Å²) in [7, 11) is 0. The van der Waals surface area contributed by atoms with E-state index in [9.17, 15) is 4.79 Å². The molecule has 1 aliphatic heterocycles. The van der Waals surface area contributed by atoms with Crippen molar-refractivity contribution in [3.05, 3.63) is 23.9 Å².